The van der Waals surface area contributed by atoms with Crippen molar-refractivity contribution in [3.05, 3.63) is 23.8 Å². The number of benzene rings is 1. The maximum Gasteiger partial charge on any atom is 0.340 e. The van der Waals surface area contributed by atoms with Crippen molar-refractivity contribution in [3.63, 3.8) is 0 Å². The second kappa shape index (κ2) is 5.13. The number of aromatic nitrogens is 1. The van der Waals surface area contributed by atoms with Gasteiger partial charge >= 0.3 is 5.97 Å². The van der Waals surface area contributed by atoms with Crippen molar-refractivity contribution in [3.8, 4) is 0 Å². The minimum atomic E-state index is -0.412. The smallest absolute Gasteiger partial charge is 0.340 e. The molecule has 6 nitrogen and oxygen atoms in total. The minimum Gasteiger partial charge on any atom is -0.465 e. The molecule has 1 aromatic heterocycles. The van der Waals surface area contributed by atoms with Crippen LogP contribution in [0.2, 0.25) is 0 Å². The summed E-state index contributed by atoms with van der Waals surface area (Å²) in [5.74, 6) is -0.412. The van der Waals surface area contributed by atoms with Gasteiger partial charge in [-0.05, 0) is 19.1 Å². The molecular formula is C14H16N2O4. The molecule has 0 spiro atoms. The normalized spacial score (nSPS) is 19.3. The second-order valence-electron chi connectivity index (χ2n) is 4.76. The Labute approximate surface area is 116 Å². The predicted molar refractivity (Wildman–Crippen MR) is 73.0 cm³/mol. The molecule has 106 valence electrons. The van der Waals surface area contributed by atoms with Crippen molar-refractivity contribution in [1.82, 2.24) is 4.98 Å². The van der Waals surface area contributed by atoms with Crippen LogP contribution < -0.4 is 4.90 Å². The number of carbonyl (C=O) groups is 1. The first kappa shape index (κ1) is 12.9. The first-order valence-corrected chi connectivity index (χ1v) is 6.53. The average molecular weight is 276 g/mol. The molecule has 0 bridgehead atoms. The molecule has 0 saturated carbocycles. The zero-order valence-electron chi connectivity index (χ0n) is 11.5. The Morgan fingerprint density at radius 2 is 2.35 bits per heavy atom. The molecule has 2 aromatic rings. The van der Waals surface area contributed by atoms with E-state index in [4.69, 9.17) is 13.9 Å². The Bertz CT molecular complexity index is 637. The lowest BCUT2D eigenvalue weighted by Crippen LogP contribution is -2.43. The molecule has 1 unspecified atom stereocenters. The Balaban J connectivity index is 2.04. The van der Waals surface area contributed by atoms with Gasteiger partial charge in [-0.15, -0.1) is 0 Å². The number of anilines is 1. The summed E-state index contributed by atoms with van der Waals surface area (Å²) in [6.45, 7) is 4.06. The van der Waals surface area contributed by atoms with Crippen LogP contribution in [0, 0.1) is 0 Å². The molecule has 1 saturated heterocycles. The number of fused-ring (bicyclic) bond motifs is 1. The molecule has 1 aliphatic heterocycles. The Morgan fingerprint density at radius 1 is 1.50 bits per heavy atom. The Morgan fingerprint density at radius 3 is 3.10 bits per heavy atom. The average Bonchev–Trinajstić information content (AvgIpc) is 2.90. The fraction of sp³-hybridized carbons (Fsp3) is 0.429. The van der Waals surface area contributed by atoms with Crippen molar-refractivity contribution in [2.75, 3.05) is 31.8 Å². The number of esters is 1. The number of methoxy groups -OCH3 is 1. The Hall–Kier alpha value is -2.08. The van der Waals surface area contributed by atoms with Gasteiger partial charge in [0.15, 0.2) is 5.58 Å². The molecule has 0 aliphatic carbocycles. The summed E-state index contributed by atoms with van der Waals surface area (Å²) < 4.78 is 15.9. The molecule has 20 heavy (non-hydrogen) atoms. The summed E-state index contributed by atoms with van der Waals surface area (Å²) in [6, 6.07) is 5.95. The van der Waals surface area contributed by atoms with E-state index in [1.54, 1.807) is 18.2 Å². The van der Waals surface area contributed by atoms with Gasteiger partial charge in [-0.1, -0.05) is 6.07 Å². The lowest BCUT2D eigenvalue weighted by atomic mass is 10.2. The van der Waals surface area contributed by atoms with Crippen molar-refractivity contribution < 1.29 is 18.7 Å². The van der Waals surface area contributed by atoms with Gasteiger partial charge in [-0.25, -0.2) is 4.79 Å². The van der Waals surface area contributed by atoms with Crippen molar-refractivity contribution in [2.24, 2.45) is 0 Å². The van der Waals surface area contributed by atoms with Crippen molar-refractivity contribution >= 4 is 23.1 Å². The van der Waals surface area contributed by atoms with Gasteiger partial charge in [0.25, 0.3) is 6.01 Å². The van der Waals surface area contributed by atoms with Crippen LogP contribution in [-0.4, -0.2) is 43.9 Å². The largest absolute Gasteiger partial charge is 0.465 e. The molecule has 2 heterocycles. The van der Waals surface area contributed by atoms with Gasteiger partial charge in [-0.3, -0.25) is 0 Å². The highest BCUT2D eigenvalue weighted by Crippen LogP contribution is 2.27. The zero-order chi connectivity index (χ0) is 14.1. The van der Waals surface area contributed by atoms with Crippen LogP contribution in [0.25, 0.3) is 11.1 Å². The van der Waals surface area contributed by atoms with Crippen molar-refractivity contribution in [1.29, 1.82) is 0 Å². The van der Waals surface area contributed by atoms with E-state index >= 15 is 0 Å². The van der Waals surface area contributed by atoms with E-state index in [1.807, 2.05) is 4.90 Å². The summed E-state index contributed by atoms with van der Waals surface area (Å²) >= 11 is 0. The van der Waals surface area contributed by atoms with Crippen LogP contribution in [0.3, 0.4) is 0 Å². The van der Waals surface area contributed by atoms with E-state index in [0.717, 1.165) is 6.54 Å². The molecule has 0 N–H and O–H groups in total. The van der Waals surface area contributed by atoms with E-state index in [9.17, 15) is 4.79 Å². The summed E-state index contributed by atoms with van der Waals surface area (Å²) in [7, 11) is 1.35. The van der Waals surface area contributed by atoms with Crippen LogP contribution in [0.15, 0.2) is 22.6 Å². The number of hydrogen-bond donors (Lipinski definition) is 0. The maximum atomic E-state index is 11.7. The molecule has 0 amide bonds. The van der Waals surface area contributed by atoms with Gasteiger partial charge in [-0.2, -0.15) is 4.98 Å². The predicted octanol–water partition coefficient (Wildman–Crippen LogP) is 1.84. The fourth-order valence-corrected chi connectivity index (χ4v) is 2.35. The third-order valence-corrected chi connectivity index (χ3v) is 3.43. The molecule has 1 fully saturated rings. The van der Waals surface area contributed by atoms with Crippen LogP contribution in [0.4, 0.5) is 6.01 Å². The monoisotopic (exact) mass is 276 g/mol. The van der Waals surface area contributed by atoms with Crippen LogP contribution >= 0.6 is 0 Å². The van der Waals surface area contributed by atoms with Gasteiger partial charge < -0.3 is 18.8 Å². The highest BCUT2D eigenvalue weighted by atomic mass is 16.5. The highest BCUT2D eigenvalue weighted by Gasteiger charge is 2.25. The minimum absolute atomic E-state index is 0.193. The van der Waals surface area contributed by atoms with Gasteiger partial charge in [0, 0.05) is 6.54 Å². The summed E-state index contributed by atoms with van der Waals surface area (Å²) in [6.07, 6.45) is 0. The SMILES string of the molecule is COC(=O)c1cccc2oc(N3CCOCC3C)nc12. The highest BCUT2D eigenvalue weighted by molar-refractivity contribution is 6.01. The van der Waals surface area contributed by atoms with Gasteiger partial charge in [0.1, 0.15) is 5.52 Å². The van der Waals surface area contributed by atoms with Gasteiger partial charge in [0.2, 0.25) is 0 Å². The summed E-state index contributed by atoms with van der Waals surface area (Å²) in [5, 5.41) is 0. The quantitative estimate of drug-likeness (QED) is 0.780. The van der Waals surface area contributed by atoms with E-state index in [0.29, 0.717) is 35.9 Å². The lowest BCUT2D eigenvalue weighted by Gasteiger charge is -2.31. The van der Waals surface area contributed by atoms with Crippen LogP contribution in [-0.2, 0) is 9.47 Å². The number of para-hydroxylation sites is 1. The van der Waals surface area contributed by atoms with Crippen molar-refractivity contribution in [2.45, 2.75) is 13.0 Å². The lowest BCUT2D eigenvalue weighted by molar-refractivity contribution is 0.0602. The molecule has 0 radical (unpaired) electrons. The molecular weight excluding hydrogens is 260 g/mol. The topological polar surface area (TPSA) is 64.8 Å². The maximum absolute atomic E-state index is 11.7. The first-order valence-electron chi connectivity index (χ1n) is 6.53. The van der Waals surface area contributed by atoms with Gasteiger partial charge in [0.05, 0.1) is 31.9 Å². The number of oxazole rings is 1. The molecule has 6 heteroatoms. The summed E-state index contributed by atoms with van der Waals surface area (Å²) in [5.41, 5.74) is 1.54. The fourth-order valence-electron chi connectivity index (χ4n) is 2.35. The number of morpholine rings is 1. The molecule has 3 rings (SSSR count). The van der Waals surface area contributed by atoms with E-state index in [2.05, 4.69) is 11.9 Å². The van der Waals surface area contributed by atoms with Crippen LogP contribution in [0.1, 0.15) is 17.3 Å². The molecule has 1 atom stereocenters. The second-order valence-corrected chi connectivity index (χ2v) is 4.76. The number of rotatable bonds is 2. The van der Waals surface area contributed by atoms with Crippen LogP contribution in [0.5, 0.6) is 0 Å². The third kappa shape index (κ3) is 2.12. The van der Waals surface area contributed by atoms with E-state index in [1.165, 1.54) is 7.11 Å². The van der Waals surface area contributed by atoms with E-state index < -0.39 is 5.97 Å². The number of carbonyl (C=O) groups excluding carboxylic acids is 1. The first-order chi connectivity index (χ1) is 9.70. The number of hydrogen-bond acceptors (Lipinski definition) is 6. The summed E-state index contributed by atoms with van der Waals surface area (Å²) in [4.78, 5) is 18.2. The van der Waals surface area contributed by atoms with E-state index in [-0.39, 0.29) is 6.04 Å². The standard InChI is InChI=1S/C14H16N2O4/c1-9-8-19-7-6-16(9)14-15-12-10(13(17)18-2)4-3-5-11(12)20-14/h3-5,9H,6-8H2,1-2H3. The number of nitrogens with zero attached hydrogens (tertiary/aromatic N) is 2. The molecule has 1 aliphatic rings. The third-order valence-electron chi connectivity index (χ3n) is 3.43. The molecule has 1 aromatic carbocycles. The zero-order valence-corrected chi connectivity index (χ0v) is 11.5. The number of ether oxygens (including phenoxy) is 2. The Kier molecular flexibility index (Phi) is 3.31.